The molecule has 1 aliphatic heterocycles. The molecule has 0 spiro atoms. The zero-order valence-corrected chi connectivity index (χ0v) is 12.9. The first-order valence-corrected chi connectivity index (χ1v) is 9.44. The fourth-order valence-electron chi connectivity index (χ4n) is 3.11. The maximum absolute atomic E-state index is 12.3. The molecule has 4 rings (SSSR count). The highest BCUT2D eigenvalue weighted by molar-refractivity contribution is 7.90. The third-order valence-electron chi connectivity index (χ3n) is 4.68. The lowest BCUT2D eigenvalue weighted by atomic mass is 9.96. The van der Waals surface area contributed by atoms with E-state index in [9.17, 15) is 8.42 Å². The Hall–Kier alpha value is -0.950. The number of sulfonamides is 1. The van der Waals surface area contributed by atoms with E-state index in [4.69, 9.17) is 4.52 Å². The van der Waals surface area contributed by atoms with Gasteiger partial charge in [-0.2, -0.15) is 4.98 Å². The maximum atomic E-state index is 12.3. The molecule has 0 unspecified atom stereocenters. The summed E-state index contributed by atoms with van der Waals surface area (Å²) in [6.07, 6.45) is 6.66. The van der Waals surface area contributed by atoms with E-state index in [1.807, 2.05) is 0 Å². The number of hydrogen-bond donors (Lipinski definition) is 0. The normalized spacial score (nSPS) is 27.9. The van der Waals surface area contributed by atoms with Crippen LogP contribution in [0.1, 0.15) is 56.2 Å². The predicted molar refractivity (Wildman–Crippen MR) is 76.2 cm³/mol. The molecule has 116 valence electrons. The fourth-order valence-corrected chi connectivity index (χ4v) is 5.06. The molecule has 1 aromatic heterocycles. The van der Waals surface area contributed by atoms with Gasteiger partial charge in [0.1, 0.15) is 0 Å². The van der Waals surface area contributed by atoms with Gasteiger partial charge < -0.3 is 4.52 Å². The smallest absolute Gasteiger partial charge is 0.226 e. The van der Waals surface area contributed by atoms with E-state index in [0.717, 1.165) is 44.3 Å². The third kappa shape index (κ3) is 2.85. The van der Waals surface area contributed by atoms with Gasteiger partial charge in [0.25, 0.3) is 0 Å². The first-order chi connectivity index (χ1) is 10.1. The van der Waals surface area contributed by atoms with Crippen LogP contribution in [0.15, 0.2) is 4.52 Å². The Balaban J connectivity index is 1.40. The average molecular weight is 311 g/mol. The first-order valence-electron chi connectivity index (χ1n) is 7.94. The van der Waals surface area contributed by atoms with Gasteiger partial charge in [-0.1, -0.05) is 5.16 Å². The second-order valence-corrected chi connectivity index (χ2v) is 8.85. The van der Waals surface area contributed by atoms with Crippen LogP contribution in [-0.2, 0) is 16.4 Å². The number of rotatable bonds is 5. The molecule has 1 aromatic rings. The van der Waals surface area contributed by atoms with E-state index in [0.29, 0.717) is 37.2 Å². The number of nitrogens with zero attached hydrogens (tertiary/aromatic N) is 3. The topological polar surface area (TPSA) is 76.3 Å². The quantitative estimate of drug-likeness (QED) is 0.827. The van der Waals surface area contributed by atoms with E-state index in [-0.39, 0.29) is 5.25 Å². The Morgan fingerprint density at radius 3 is 2.71 bits per heavy atom. The highest BCUT2D eigenvalue weighted by Crippen LogP contribution is 2.38. The molecule has 3 fully saturated rings. The van der Waals surface area contributed by atoms with Gasteiger partial charge in [-0.05, 0) is 44.4 Å². The van der Waals surface area contributed by atoms with Crippen molar-refractivity contribution in [2.45, 2.75) is 56.1 Å². The minimum Gasteiger partial charge on any atom is -0.339 e. The lowest BCUT2D eigenvalue weighted by Gasteiger charge is -2.31. The van der Waals surface area contributed by atoms with Crippen LogP contribution in [0, 0.1) is 5.92 Å². The minimum atomic E-state index is -3.05. The summed E-state index contributed by atoms with van der Waals surface area (Å²) in [5.74, 6) is 2.32. The molecule has 7 heteroatoms. The highest BCUT2D eigenvalue weighted by atomic mass is 32.2. The van der Waals surface area contributed by atoms with E-state index in [2.05, 4.69) is 10.1 Å². The van der Waals surface area contributed by atoms with Crippen LogP contribution in [0.25, 0.3) is 0 Å². The Kier molecular flexibility index (Phi) is 3.29. The summed E-state index contributed by atoms with van der Waals surface area (Å²) < 4.78 is 31.7. The van der Waals surface area contributed by atoms with Gasteiger partial charge in [-0.25, -0.2) is 12.7 Å². The van der Waals surface area contributed by atoms with E-state index >= 15 is 0 Å². The van der Waals surface area contributed by atoms with E-state index < -0.39 is 10.0 Å². The van der Waals surface area contributed by atoms with E-state index in [1.54, 1.807) is 4.31 Å². The molecular formula is C14H21N3O3S. The monoisotopic (exact) mass is 311 g/mol. The molecule has 2 heterocycles. The number of hydrogen-bond acceptors (Lipinski definition) is 5. The molecule has 1 atom stereocenters. The molecule has 0 amide bonds. The highest BCUT2D eigenvalue weighted by Gasteiger charge is 2.41. The van der Waals surface area contributed by atoms with Gasteiger partial charge >= 0.3 is 0 Å². The van der Waals surface area contributed by atoms with Gasteiger partial charge in [-0.15, -0.1) is 0 Å². The van der Waals surface area contributed by atoms with Crippen molar-refractivity contribution < 1.29 is 12.9 Å². The van der Waals surface area contributed by atoms with Crippen molar-refractivity contribution in [1.29, 1.82) is 0 Å². The summed E-state index contributed by atoms with van der Waals surface area (Å²) in [5, 5.41) is 3.92. The Morgan fingerprint density at radius 1 is 1.19 bits per heavy atom. The van der Waals surface area contributed by atoms with Crippen LogP contribution in [0.2, 0.25) is 0 Å². The molecule has 6 nitrogen and oxygen atoms in total. The predicted octanol–water partition coefficient (Wildman–Crippen LogP) is 1.69. The summed E-state index contributed by atoms with van der Waals surface area (Å²) in [7, 11) is -3.05. The number of piperidine rings is 1. The molecule has 0 bridgehead atoms. The SMILES string of the molecule is O=S(=O)(C1CC1)N1CCC[C@@H](Cc2nc(C3CC3)no2)C1. The zero-order chi connectivity index (χ0) is 14.4. The second-order valence-electron chi connectivity index (χ2n) is 6.64. The molecule has 2 aliphatic carbocycles. The lowest BCUT2D eigenvalue weighted by Crippen LogP contribution is -2.42. The molecule has 0 N–H and O–H groups in total. The summed E-state index contributed by atoms with van der Waals surface area (Å²) in [6.45, 7) is 1.28. The Morgan fingerprint density at radius 2 is 2.00 bits per heavy atom. The molecular weight excluding hydrogens is 290 g/mol. The van der Waals surface area contributed by atoms with Crippen LogP contribution in [0.5, 0.6) is 0 Å². The average Bonchev–Trinajstić information content (AvgIpc) is 3.37. The summed E-state index contributed by atoms with van der Waals surface area (Å²) in [6, 6.07) is 0. The van der Waals surface area contributed by atoms with Gasteiger partial charge in [-0.3, -0.25) is 0 Å². The van der Waals surface area contributed by atoms with Crippen molar-refractivity contribution in [3.8, 4) is 0 Å². The van der Waals surface area contributed by atoms with Crippen LogP contribution in [0.3, 0.4) is 0 Å². The molecule has 1 saturated heterocycles. The van der Waals surface area contributed by atoms with Crippen LogP contribution in [0.4, 0.5) is 0 Å². The molecule has 0 radical (unpaired) electrons. The van der Waals surface area contributed by atoms with Gasteiger partial charge in [0.15, 0.2) is 5.82 Å². The van der Waals surface area contributed by atoms with Crippen molar-refractivity contribution in [1.82, 2.24) is 14.4 Å². The third-order valence-corrected chi connectivity index (χ3v) is 7.04. The van der Waals surface area contributed by atoms with Gasteiger partial charge in [0.2, 0.25) is 15.9 Å². The Labute approximate surface area is 124 Å². The van der Waals surface area contributed by atoms with Crippen LogP contribution < -0.4 is 0 Å². The largest absolute Gasteiger partial charge is 0.339 e. The fraction of sp³-hybridized carbons (Fsp3) is 0.857. The summed E-state index contributed by atoms with van der Waals surface area (Å²) in [5.41, 5.74) is 0. The molecule has 2 saturated carbocycles. The zero-order valence-electron chi connectivity index (χ0n) is 12.1. The summed E-state index contributed by atoms with van der Waals surface area (Å²) in [4.78, 5) is 4.46. The van der Waals surface area contributed by atoms with E-state index in [1.165, 1.54) is 0 Å². The second kappa shape index (κ2) is 5.05. The standard InChI is InChI=1S/C14H21N3O3S/c18-21(19,12-5-6-12)17-7-1-2-10(9-17)8-13-15-14(16-20-13)11-3-4-11/h10-12H,1-9H2/t10-/m0/s1. The van der Waals surface area contributed by atoms with Crippen molar-refractivity contribution >= 4 is 10.0 Å². The Bertz CT molecular complexity index is 619. The molecule has 3 aliphatic rings. The number of aromatic nitrogens is 2. The molecule has 21 heavy (non-hydrogen) atoms. The van der Waals surface area contributed by atoms with Crippen LogP contribution >= 0.6 is 0 Å². The van der Waals surface area contributed by atoms with Crippen molar-refractivity contribution in [3.63, 3.8) is 0 Å². The minimum absolute atomic E-state index is 0.110. The van der Waals surface area contributed by atoms with Gasteiger partial charge in [0, 0.05) is 25.4 Å². The van der Waals surface area contributed by atoms with Crippen molar-refractivity contribution in [2.24, 2.45) is 5.92 Å². The van der Waals surface area contributed by atoms with Crippen molar-refractivity contribution in [2.75, 3.05) is 13.1 Å². The van der Waals surface area contributed by atoms with Gasteiger partial charge in [0.05, 0.1) is 5.25 Å². The van der Waals surface area contributed by atoms with Crippen LogP contribution in [-0.4, -0.2) is 41.2 Å². The molecule has 0 aromatic carbocycles. The van der Waals surface area contributed by atoms with Crippen molar-refractivity contribution in [3.05, 3.63) is 11.7 Å². The first kappa shape index (κ1) is 13.7. The lowest BCUT2D eigenvalue weighted by molar-refractivity contribution is 0.246. The summed E-state index contributed by atoms with van der Waals surface area (Å²) >= 11 is 0. The maximum Gasteiger partial charge on any atom is 0.226 e.